The molecule has 0 saturated carbocycles. The van der Waals surface area contributed by atoms with Crippen molar-refractivity contribution >= 4 is 0 Å². The Bertz CT molecular complexity index is 269. The molecule has 0 bridgehead atoms. The summed E-state index contributed by atoms with van der Waals surface area (Å²) in [5, 5.41) is 20.1. The smallest absolute Gasteiger partial charge is 0.0743 e. The van der Waals surface area contributed by atoms with Crippen LogP contribution in [-0.4, -0.2) is 27.4 Å². The molecule has 0 saturated heterocycles. The fourth-order valence-electron chi connectivity index (χ4n) is 1.62. The van der Waals surface area contributed by atoms with Crippen LogP contribution in [0.1, 0.15) is 45.3 Å². The van der Waals surface area contributed by atoms with E-state index in [9.17, 15) is 5.11 Å². The van der Waals surface area contributed by atoms with Gasteiger partial charge in [0.15, 0.2) is 0 Å². The quantitative estimate of drug-likeness (QED) is 0.670. The van der Waals surface area contributed by atoms with Crippen molar-refractivity contribution in [3.8, 4) is 0 Å². The van der Waals surface area contributed by atoms with E-state index in [2.05, 4.69) is 29.4 Å². The molecule has 1 aromatic rings. The van der Waals surface area contributed by atoms with E-state index in [0.717, 1.165) is 18.5 Å². The third-order valence-corrected chi connectivity index (χ3v) is 2.57. The number of aliphatic hydroxyl groups is 1. The molecule has 1 rings (SSSR count). The van der Waals surface area contributed by atoms with Gasteiger partial charge in [-0.15, -0.1) is 0 Å². The third-order valence-electron chi connectivity index (χ3n) is 2.57. The lowest BCUT2D eigenvalue weighted by molar-refractivity contribution is 0.0475. The summed E-state index contributed by atoms with van der Waals surface area (Å²) in [5.74, 6) is 0. The van der Waals surface area contributed by atoms with Crippen molar-refractivity contribution in [1.82, 2.24) is 15.5 Å². The minimum Gasteiger partial charge on any atom is -0.389 e. The highest BCUT2D eigenvalue weighted by molar-refractivity contribution is 5.03. The second-order valence-electron chi connectivity index (χ2n) is 4.36. The monoisotopic (exact) mass is 211 g/mol. The van der Waals surface area contributed by atoms with Crippen LogP contribution >= 0.6 is 0 Å². The fourth-order valence-corrected chi connectivity index (χ4v) is 1.62. The number of rotatable bonds is 6. The molecule has 2 unspecified atom stereocenters. The molecule has 0 spiro atoms. The van der Waals surface area contributed by atoms with Crippen LogP contribution in [0.3, 0.4) is 0 Å². The zero-order valence-corrected chi connectivity index (χ0v) is 9.75. The van der Waals surface area contributed by atoms with Gasteiger partial charge in [-0.05, 0) is 26.3 Å². The Morgan fingerprint density at radius 3 is 2.93 bits per heavy atom. The van der Waals surface area contributed by atoms with Crippen molar-refractivity contribution in [1.29, 1.82) is 0 Å². The van der Waals surface area contributed by atoms with Crippen molar-refractivity contribution in [2.45, 2.75) is 45.3 Å². The Balaban J connectivity index is 2.37. The highest BCUT2D eigenvalue weighted by Gasteiger charge is 2.20. The van der Waals surface area contributed by atoms with Crippen LogP contribution in [0.25, 0.3) is 0 Å². The third kappa shape index (κ3) is 4.01. The lowest BCUT2D eigenvalue weighted by Crippen LogP contribution is -2.38. The Morgan fingerprint density at radius 2 is 2.40 bits per heavy atom. The van der Waals surface area contributed by atoms with Gasteiger partial charge >= 0.3 is 0 Å². The van der Waals surface area contributed by atoms with Crippen LogP contribution in [0.15, 0.2) is 12.3 Å². The lowest BCUT2D eigenvalue weighted by Gasteiger charge is -2.25. The first-order chi connectivity index (χ1) is 7.05. The van der Waals surface area contributed by atoms with E-state index in [1.807, 2.05) is 13.0 Å². The normalized spacial score (nSPS) is 17.3. The topological polar surface area (TPSA) is 60.9 Å². The largest absolute Gasteiger partial charge is 0.389 e. The zero-order chi connectivity index (χ0) is 11.3. The van der Waals surface area contributed by atoms with Gasteiger partial charge in [0.05, 0.1) is 11.3 Å². The molecule has 0 aliphatic rings. The molecule has 86 valence electrons. The fraction of sp³-hybridized carbons (Fsp3) is 0.727. The van der Waals surface area contributed by atoms with E-state index in [1.165, 1.54) is 0 Å². The Labute approximate surface area is 91.1 Å². The van der Waals surface area contributed by atoms with Crippen LogP contribution in [0.2, 0.25) is 0 Å². The number of H-pyrrole nitrogens is 1. The highest BCUT2D eigenvalue weighted by atomic mass is 16.3. The summed E-state index contributed by atoms with van der Waals surface area (Å²) in [6, 6.07) is 2.13. The predicted molar refractivity (Wildman–Crippen MR) is 60.5 cm³/mol. The summed E-state index contributed by atoms with van der Waals surface area (Å²) < 4.78 is 0. The molecule has 3 N–H and O–H groups in total. The average Bonchev–Trinajstić information content (AvgIpc) is 2.67. The minimum absolute atomic E-state index is 0.191. The van der Waals surface area contributed by atoms with Crippen molar-refractivity contribution in [3.05, 3.63) is 18.0 Å². The van der Waals surface area contributed by atoms with Crippen LogP contribution in [-0.2, 0) is 0 Å². The molecule has 0 aliphatic carbocycles. The molecule has 0 aliphatic heterocycles. The Morgan fingerprint density at radius 1 is 1.67 bits per heavy atom. The summed E-state index contributed by atoms with van der Waals surface area (Å²) in [6.45, 7) is 6.59. The predicted octanol–water partition coefficient (Wildman–Crippen LogP) is 1.61. The molecular weight excluding hydrogens is 190 g/mol. The molecule has 0 radical (unpaired) electrons. The second-order valence-corrected chi connectivity index (χ2v) is 4.36. The SMILES string of the molecule is CCCC(C)(O)CNC(C)c1ccn[nH]1. The van der Waals surface area contributed by atoms with Gasteiger partial charge in [0.2, 0.25) is 0 Å². The molecule has 1 heterocycles. The number of aromatic nitrogens is 2. The van der Waals surface area contributed by atoms with Gasteiger partial charge in [-0.3, -0.25) is 5.10 Å². The van der Waals surface area contributed by atoms with E-state index in [1.54, 1.807) is 6.20 Å². The maximum Gasteiger partial charge on any atom is 0.0743 e. The van der Waals surface area contributed by atoms with Gasteiger partial charge in [0, 0.05) is 18.8 Å². The first-order valence-corrected chi connectivity index (χ1v) is 5.50. The molecule has 0 fully saturated rings. The van der Waals surface area contributed by atoms with Crippen LogP contribution in [0.4, 0.5) is 0 Å². The summed E-state index contributed by atoms with van der Waals surface area (Å²) in [6.07, 6.45) is 3.54. The number of nitrogens with zero attached hydrogens (tertiary/aromatic N) is 1. The molecule has 4 nitrogen and oxygen atoms in total. The molecular formula is C11H21N3O. The van der Waals surface area contributed by atoms with Crippen LogP contribution in [0.5, 0.6) is 0 Å². The second kappa shape index (κ2) is 5.28. The van der Waals surface area contributed by atoms with Crippen molar-refractivity contribution < 1.29 is 5.11 Å². The standard InChI is InChI=1S/C11H21N3O/c1-4-6-11(3,15)8-12-9(2)10-5-7-13-14-10/h5,7,9,12,15H,4,6,8H2,1-3H3,(H,13,14). The number of aromatic amines is 1. The maximum atomic E-state index is 9.97. The summed E-state index contributed by atoms with van der Waals surface area (Å²) in [4.78, 5) is 0. The molecule has 4 heteroatoms. The highest BCUT2D eigenvalue weighted by Crippen LogP contribution is 2.13. The first kappa shape index (κ1) is 12.2. The average molecular weight is 211 g/mol. The molecule has 2 atom stereocenters. The summed E-state index contributed by atoms with van der Waals surface area (Å²) >= 11 is 0. The van der Waals surface area contributed by atoms with E-state index < -0.39 is 5.60 Å². The summed E-state index contributed by atoms with van der Waals surface area (Å²) in [7, 11) is 0. The molecule has 0 amide bonds. The van der Waals surface area contributed by atoms with E-state index >= 15 is 0 Å². The van der Waals surface area contributed by atoms with Gasteiger partial charge in [0.1, 0.15) is 0 Å². The zero-order valence-electron chi connectivity index (χ0n) is 9.75. The molecule has 15 heavy (non-hydrogen) atoms. The number of hydrogen-bond acceptors (Lipinski definition) is 3. The van der Waals surface area contributed by atoms with Gasteiger partial charge < -0.3 is 10.4 Å². The van der Waals surface area contributed by atoms with Gasteiger partial charge in [0.25, 0.3) is 0 Å². The first-order valence-electron chi connectivity index (χ1n) is 5.50. The van der Waals surface area contributed by atoms with Crippen molar-refractivity contribution in [2.24, 2.45) is 0 Å². The van der Waals surface area contributed by atoms with E-state index in [-0.39, 0.29) is 6.04 Å². The summed E-state index contributed by atoms with van der Waals surface area (Å²) in [5.41, 5.74) is 0.422. The maximum absolute atomic E-state index is 9.97. The van der Waals surface area contributed by atoms with Crippen LogP contribution in [0, 0.1) is 0 Å². The molecule has 1 aromatic heterocycles. The van der Waals surface area contributed by atoms with Crippen molar-refractivity contribution in [3.63, 3.8) is 0 Å². The van der Waals surface area contributed by atoms with Gasteiger partial charge in [-0.25, -0.2) is 0 Å². The lowest BCUT2D eigenvalue weighted by atomic mass is 10.0. The van der Waals surface area contributed by atoms with Gasteiger partial charge in [-0.2, -0.15) is 5.10 Å². The molecule has 0 aromatic carbocycles. The van der Waals surface area contributed by atoms with E-state index in [4.69, 9.17) is 0 Å². The van der Waals surface area contributed by atoms with Gasteiger partial charge in [-0.1, -0.05) is 13.3 Å². The minimum atomic E-state index is -0.622. The number of hydrogen-bond donors (Lipinski definition) is 3. The number of nitrogens with one attached hydrogen (secondary N) is 2. The Hall–Kier alpha value is -0.870. The van der Waals surface area contributed by atoms with E-state index in [0.29, 0.717) is 6.54 Å². The Kier molecular flexibility index (Phi) is 4.29. The van der Waals surface area contributed by atoms with Crippen molar-refractivity contribution in [2.75, 3.05) is 6.54 Å². The van der Waals surface area contributed by atoms with Crippen LogP contribution < -0.4 is 5.32 Å².